The molecule has 0 amide bonds. The molecular weight excluding hydrogens is 408 g/mol. The first-order valence-corrected chi connectivity index (χ1v) is 11.9. The highest BCUT2D eigenvalue weighted by atomic mass is 32.1. The molecular formula is C23H32N6OS. The van der Waals surface area contributed by atoms with E-state index in [1.54, 1.807) is 11.3 Å². The summed E-state index contributed by atoms with van der Waals surface area (Å²) in [7, 11) is 0. The number of aryl methyl sites for hydroxylation is 1. The van der Waals surface area contributed by atoms with Crippen molar-refractivity contribution in [3.8, 4) is 10.6 Å². The number of thiophene rings is 1. The van der Waals surface area contributed by atoms with Crippen LogP contribution < -0.4 is 5.43 Å². The van der Waals surface area contributed by atoms with E-state index in [1.807, 2.05) is 6.07 Å². The van der Waals surface area contributed by atoms with Gasteiger partial charge < -0.3 is 14.6 Å². The standard InChI is InChI=1S/C23H32N6OS/c1-4-27(5-2)14-18(30)15-28-16-19(20-9-7-13-31-20)24-22(28)12-11-21-25-23-10-6-8-17(3)29(23)26-21/h6-10,13,16,18,23,30H,4-5,11-12,14-15H2,1-3H3,(H,25,26)/t18-,23?/m0/s1. The molecule has 4 heterocycles. The molecule has 8 heteroatoms. The third-order valence-electron chi connectivity index (χ3n) is 5.79. The second-order valence-corrected chi connectivity index (χ2v) is 8.92. The van der Waals surface area contributed by atoms with Crippen LogP contribution in [0.5, 0.6) is 0 Å². The topological polar surface area (TPSA) is 68.9 Å². The molecule has 0 fully saturated rings. The highest BCUT2D eigenvalue weighted by Crippen LogP contribution is 2.25. The monoisotopic (exact) mass is 440 g/mol. The number of nitrogens with zero attached hydrogens (tertiary/aromatic N) is 5. The molecule has 0 spiro atoms. The Labute approximate surface area is 188 Å². The van der Waals surface area contributed by atoms with Crippen LogP contribution >= 0.6 is 11.3 Å². The van der Waals surface area contributed by atoms with Crippen molar-refractivity contribution in [1.82, 2.24) is 24.9 Å². The van der Waals surface area contributed by atoms with Gasteiger partial charge in [-0.3, -0.25) is 10.4 Å². The third kappa shape index (κ3) is 5.08. The number of imidazole rings is 1. The molecule has 0 aliphatic carbocycles. The molecule has 7 nitrogen and oxygen atoms in total. The fourth-order valence-corrected chi connectivity index (χ4v) is 4.70. The molecule has 2 aliphatic rings. The third-order valence-corrected chi connectivity index (χ3v) is 6.68. The van der Waals surface area contributed by atoms with Crippen molar-refractivity contribution < 1.29 is 5.11 Å². The van der Waals surface area contributed by atoms with Crippen LogP contribution in [0.4, 0.5) is 0 Å². The van der Waals surface area contributed by atoms with Crippen LogP contribution in [-0.4, -0.2) is 62.3 Å². The molecule has 2 aromatic heterocycles. The molecule has 0 saturated heterocycles. The largest absolute Gasteiger partial charge is 0.390 e. The van der Waals surface area contributed by atoms with Crippen molar-refractivity contribution in [3.05, 3.63) is 53.5 Å². The summed E-state index contributed by atoms with van der Waals surface area (Å²) in [4.78, 5) is 13.1. The van der Waals surface area contributed by atoms with E-state index in [1.165, 1.54) is 0 Å². The number of aliphatic imine (C=N–C) groups is 1. The Morgan fingerprint density at radius 1 is 1.29 bits per heavy atom. The molecule has 2 atom stereocenters. The van der Waals surface area contributed by atoms with E-state index in [0.29, 0.717) is 13.1 Å². The van der Waals surface area contributed by atoms with Gasteiger partial charge in [0.1, 0.15) is 11.7 Å². The van der Waals surface area contributed by atoms with Gasteiger partial charge in [-0.05, 0) is 43.6 Å². The van der Waals surface area contributed by atoms with Gasteiger partial charge in [0, 0.05) is 31.3 Å². The van der Waals surface area contributed by atoms with Crippen LogP contribution in [-0.2, 0) is 13.0 Å². The second-order valence-electron chi connectivity index (χ2n) is 7.98. The van der Waals surface area contributed by atoms with Gasteiger partial charge in [-0.1, -0.05) is 26.0 Å². The SMILES string of the molecule is CCN(CC)C[C@H](O)Cn1cc(-c2cccs2)nc1CCC1=NC2C=CC=C(C)N2N1. The lowest BCUT2D eigenvalue weighted by Crippen LogP contribution is -2.39. The van der Waals surface area contributed by atoms with Crippen LogP contribution in [0.3, 0.4) is 0 Å². The Kier molecular flexibility index (Phi) is 6.89. The Balaban J connectivity index is 1.47. The van der Waals surface area contributed by atoms with E-state index < -0.39 is 6.10 Å². The molecule has 2 N–H and O–H groups in total. The van der Waals surface area contributed by atoms with E-state index in [4.69, 9.17) is 9.98 Å². The molecule has 0 saturated carbocycles. The van der Waals surface area contributed by atoms with Crippen LogP contribution in [0.15, 0.2) is 52.6 Å². The molecule has 31 heavy (non-hydrogen) atoms. The van der Waals surface area contributed by atoms with Gasteiger partial charge in [-0.25, -0.2) is 9.98 Å². The van der Waals surface area contributed by atoms with Crippen molar-refractivity contribution in [1.29, 1.82) is 0 Å². The van der Waals surface area contributed by atoms with Gasteiger partial charge in [0.15, 0.2) is 6.17 Å². The summed E-state index contributed by atoms with van der Waals surface area (Å²) in [5.41, 5.74) is 5.55. The summed E-state index contributed by atoms with van der Waals surface area (Å²) < 4.78 is 2.12. The van der Waals surface area contributed by atoms with Gasteiger partial charge in [0.2, 0.25) is 0 Å². The number of hydrogen-bond acceptors (Lipinski definition) is 7. The number of hydrogen-bond donors (Lipinski definition) is 2. The van der Waals surface area contributed by atoms with Crippen LogP contribution in [0.2, 0.25) is 0 Å². The molecule has 166 valence electrons. The predicted octanol–water partition coefficient (Wildman–Crippen LogP) is 3.27. The Morgan fingerprint density at radius 2 is 2.13 bits per heavy atom. The van der Waals surface area contributed by atoms with Gasteiger partial charge in [-0.15, -0.1) is 11.3 Å². The minimum absolute atomic E-state index is 0.0392. The number of fused-ring (bicyclic) bond motifs is 1. The summed E-state index contributed by atoms with van der Waals surface area (Å²) in [5.74, 6) is 1.96. The number of aromatic nitrogens is 2. The van der Waals surface area contributed by atoms with Crippen molar-refractivity contribution in [2.24, 2.45) is 4.99 Å². The minimum Gasteiger partial charge on any atom is -0.390 e. The summed E-state index contributed by atoms with van der Waals surface area (Å²) >= 11 is 1.69. The van der Waals surface area contributed by atoms with Gasteiger partial charge >= 0.3 is 0 Å². The molecule has 0 bridgehead atoms. The number of aliphatic hydroxyl groups excluding tert-OH is 1. The molecule has 0 radical (unpaired) electrons. The normalized spacial score (nSPS) is 18.7. The molecule has 2 aliphatic heterocycles. The first kappa shape index (κ1) is 21.8. The van der Waals surface area contributed by atoms with Gasteiger partial charge in [0.05, 0.1) is 23.2 Å². The van der Waals surface area contributed by atoms with E-state index in [0.717, 1.165) is 53.9 Å². The summed E-state index contributed by atoms with van der Waals surface area (Å²) in [5, 5.41) is 14.9. The Hall–Kier alpha value is -2.42. The number of nitrogens with one attached hydrogen (secondary N) is 1. The zero-order valence-electron chi connectivity index (χ0n) is 18.5. The predicted molar refractivity (Wildman–Crippen MR) is 127 cm³/mol. The fourth-order valence-electron chi connectivity index (χ4n) is 4.02. The van der Waals surface area contributed by atoms with Crippen molar-refractivity contribution in [2.75, 3.05) is 19.6 Å². The molecule has 1 unspecified atom stereocenters. The molecule has 2 aromatic rings. The lowest BCUT2D eigenvalue weighted by atomic mass is 10.2. The zero-order chi connectivity index (χ0) is 21.8. The highest BCUT2D eigenvalue weighted by molar-refractivity contribution is 7.13. The van der Waals surface area contributed by atoms with Crippen molar-refractivity contribution >= 4 is 17.2 Å². The maximum absolute atomic E-state index is 10.7. The summed E-state index contributed by atoms with van der Waals surface area (Å²) in [6.45, 7) is 9.43. The van der Waals surface area contributed by atoms with Gasteiger partial charge in [0.25, 0.3) is 0 Å². The van der Waals surface area contributed by atoms with Crippen LogP contribution in [0.25, 0.3) is 10.6 Å². The maximum Gasteiger partial charge on any atom is 0.160 e. The number of hydrazine groups is 1. The minimum atomic E-state index is -0.433. The summed E-state index contributed by atoms with van der Waals surface area (Å²) in [6.07, 6.45) is 9.46. The van der Waals surface area contributed by atoms with Crippen LogP contribution in [0, 0.1) is 0 Å². The number of likely N-dealkylation sites (N-methyl/N-ethyl adjacent to an activating group) is 1. The van der Waals surface area contributed by atoms with E-state index in [-0.39, 0.29) is 6.17 Å². The smallest absolute Gasteiger partial charge is 0.160 e. The quantitative estimate of drug-likeness (QED) is 0.594. The zero-order valence-corrected chi connectivity index (χ0v) is 19.3. The molecule has 0 aromatic carbocycles. The van der Waals surface area contributed by atoms with Gasteiger partial charge in [-0.2, -0.15) is 0 Å². The number of amidine groups is 1. The molecule has 4 rings (SSSR count). The lowest BCUT2D eigenvalue weighted by molar-refractivity contribution is 0.102. The Morgan fingerprint density at radius 3 is 2.84 bits per heavy atom. The first-order valence-electron chi connectivity index (χ1n) is 11.0. The van der Waals surface area contributed by atoms with Crippen molar-refractivity contribution in [3.63, 3.8) is 0 Å². The van der Waals surface area contributed by atoms with E-state index in [2.05, 4.69) is 76.5 Å². The fraction of sp³-hybridized carbons (Fsp3) is 0.478. The highest BCUT2D eigenvalue weighted by Gasteiger charge is 2.26. The van der Waals surface area contributed by atoms with E-state index >= 15 is 0 Å². The van der Waals surface area contributed by atoms with Crippen LogP contribution in [0.1, 0.15) is 33.0 Å². The first-order chi connectivity index (χ1) is 15.1. The second kappa shape index (κ2) is 9.80. The van der Waals surface area contributed by atoms with E-state index in [9.17, 15) is 5.11 Å². The van der Waals surface area contributed by atoms with Crippen molar-refractivity contribution in [2.45, 2.75) is 52.4 Å². The maximum atomic E-state index is 10.7. The summed E-state index contributed by atoms with van der Waals surface area (Å²) in [6, 6.07) is 4.14. The average Bonchev–Trinajstić information content (AvgIpc) is 3.50. The Bertz CT molecular complexity index is 957. The number of aliphatic hydroxyl groups is 1. The number of rotatable bonds is 10. The number of allylic oxidation sites excluding steroid dienone is 3. The average molecular weight is 441 g/mol. The lowest BCUT2D eigenvalue weighted by Gasteiger charge is -2.26.